The van der Waals surface area contributed by atoms with Gasteiger partial charge in [-0.25, -0.2) is 0 Å². The summed E-state index contributed by atoms with van der Waals surface area (Å²) in [5.74, 6) is 1.01. The molecule has 4 heteroatoms. The molecule has 0 saturated carbocycles. The Labute approximate surface area is 109 Å². The first-order valence-electron chi connectivity index (χ1n) is 6.20. The molecule has 100 valence electrons. The third kappa shape index (κ3) is 4.04. The lowest BCUT2D eigenvalue weighted by atomic mass is 10.1. The molecule has 0 saturated heterocycles. The highest BCUT2D eigenvalue weighted by Crippen LogP contribution is 2.24. The molecule has 0 spiro atoms. The maximum atomic E-state index is 11.8. The fourth-order valence-electron chi connectivity index (χ4n) is 1.80. The summed E-state index contributed by atoms with van der Waals surface area (Å²) in [7, 11) is 1.63. The molecule has 1 rings (SSSR count). The molecule has 0 aliphatic carbocycles. The average Bonchev–Trinajstić information content (AvgIpc) is 2.38. The van der Waals surface area contributed by atoms with Crippen molar-refractivity contribution >= 4 is 5.91 Å². The van der Waals surface area contributed by atoms with Crippen LogP contribution in [-0.2, 0) is 4.79 Å². The van der Waals surface area contributed by atoms with Gasteiger partial charge in [0, 0.05) is 12.0 Å². The van der Waals surface area contributed by atoms with Crippen molar-refractivity contribution in [2.24, 2.45) is 11.7 Å². The Hall–Kier alpha value is -1.55. The van der Waals surface area contributed by atoms with E-state index in [0.717, 1.165) is 11.3 Å². The highest BCUT2D eigenvalue weighted by Gasteiger charge is 2.14. The summed E-state index contributed by atoms with van der Waals surface area (Å²) in [6.45, 7) is 4.44. The van der Waals surface area contributed by atoms with E-state index in [9.17, 15) is 4.79 Å². The first kappa shape index (κ1) is 14.5. The number of para-hydroxylation sites is 1. The van der Waals surface area contributed by atoms with E-state index in [1.807, 2.05) is 38.1 Å². The highest BCUT2D eigenvalue weighted by atomic mass is 16.5. The topological polar surface area (TPSA) is 64.3 Å². The third-order valence-electron chi connectivity index (χ3n) is 2.92. The van der Waals surface area contributed by atoms with Crippen molar-refractivity contribution in [1.29, 1.82) is 0 Å². The molecule has 18 heavy (non-hydrogen) atoms. The van der Waals surface area contributed by atoms with E-state index in [1.54, 1.807) is 7.11 Å². The van der Waals surface area contributed by atoms with E-state index >= 15 is 0 Å². The fourth-order valence-corrected chi connectivity index (χ4v) is 1.80. The second-order valence-electron chi connectivity index (χ2n) is 4.58. The predicted molar refractivity (Wildman–Crippen MR) is 72.4 cm³/mol. The maximum Gasteiger partial charge on any atom is 0.220 e. The van der Waals surface area contributed by atoms with Crippen molar-refractivity contribution < 1.29 is 9.53 Å². The SMILES string of the molecule is COc1ccccc1[C@@H](C)NC(=O)CC(C)CN. The fraction of sp³-hybridized carbons (Fsp3) is 0.500. The summed E-state index contributed by atoms with van der Waals surface area (Å²) in [6, 6.07) is 7.62. The van der Waals surface area contributed by atoms with E-state index in [-0.39, 0.29) is 17.9 Å². The summed E-state index contributed by atoms with van der Waals surface area (Å²) < 4.78 is 5.28. The van der Waals surface area contributed by atoms with E-state index in [4.69, 9.17) is 10.5 Å². The first-order chi connectivity index (χ1) is 8.58. The Morgan fingerprint density at radius 3 is 2.67 bits per heavy atom. The van der Waals surface area contributed by atoms with Crippen molar-refractivity contribution in [3.05, 3.63) is 29.8 Å². The molecule has 1 unspecified atom stereocenters. The van der Waals surface area contributed by atoms with Crippen molar-refractivity contribution in [3.63, 3.8) is 0 Å². The number of hydrogen-bond acceptors (Lipinski definition) is 3. The molecule has 4 nitrogen and oxygen atoms in total. The van der Waals surface area contributed by atoms with Gasteiger partial charge in [-0.05, 0) is 25.5 Å². The number of amides is 1. The lowest BCUT2D eigenvalue weighted by molar-refractivity contribution is -0.122. The molecule has 1 aromatic carbocycles. The van der Waals surface area contributed by atoms with Crippen molar-refractivity contribution in [1.82, 2.24) is 5.32 Å². The minimum atomic E-state index is -0.0707. The molecule has 0 fully saturated rings. The molecule has 3 N–H and O–H groups in total. The van der Waals surface area contributed by atoms with Crippen molar-refractivity contribution in [3.8, 4) is 5.75 Å². The minimum Gasteiger partial charge on any atom is -0.496 e. The van der Waals surface area contributed by atoms with Gasteiger partial charge in [-0.3, -0.25) is 4.79 Å². The van der Waals surface area contributed by atoms with Gasteiger partial charge in [0.2, 0.25) is 5.91 Å². The predicted octanol–water partition coefficient (Wildman–Crippen LogP) is 1.86. The largest absolute Gasteiger partial charge is 0.496 e. The van der Waals surface area contributed by atoms with Gasteiger partial charge in [0.05, 0.1) is 13.2 Å². The molecule has 0 aliphatic rings. The number of ether oxygens (including phenoxy) is 1. The summed E-state index contributed by atoms with van der Waals surface area (Å²) in [5.41, 5.74) is 6.49. The van der Waals surface area contributed by atoms with Gasteiger partial charge in [-0.15, -0.1) is 0 Å². The van der Waals surface area contributed by atoms with Crippen LogP contribution in [0.1, 0.15) is 31.9 Å². The molecule has 0 heterocycles. The lowest BCUT2D eigenvalue weighted by Crippen LogP contribution is -2.29. The summed E-state index contributed by atoms with van der Waals surface area (Å²) in [5, 5.41) is 2.96. The van der Waals surface area contributed by atoms with Crippen LogP contribution in [0.25, 0.3) is 0 Å². The first-order valence-corrected chi connectivity index (χ1v) is 6.20. The Kier molecular flexibility index (Phi) is 5.65. The quantitative estimate of drug-likeness (QED) is 0.810. The van der Waals surface area contributed by atoms with Crippen LogP contribution in [0, 0.1) is 5.92 Å². The number of benzene rings is 1. The highest BCUT2D eigenvalue weighted by molar-refractivity contribution is 5.76. The van der Waals surface area contributed by atoms with Crippen molar-refractivity contribution in [2.75, 3.05) is 13.7 Å². The van der Waals surface area contributed by atoms with Gasteiger partial charge in [0.15, 0.2) is 0 Å². The molecular formula is C14H22N2O2. The van der Waals surface area contributed by atoms with Gasteiger partial charge in [0.25, 0.3) is 0 Å². The van der Waals surface area contributed by atoms with Crippen LogP contribution in [0.2, 0.25) is 0 Å². The van der Waals surface area contributed by atoms with Crippen LogP contribution in [-0.4, -0.2) is 19.6 Å². The van der Waals surface area contributed by atoms with Crippen molar-refractivity contribution in [2.45, 2.75) is 26.3 Å². The van der Waals surface area contributed by atoms with Crippen LogP contribution in [0.5, 0.6) is 5.75 Å². The standard InChI is InChI=1S/C14H22N2O2/c1-10(9-15)8-14(17)16-11(2)12-6-4-5-7-13(12)18-3/h4-7,10-11H,8-9,15H2,1-3H3,(H,16,17)/t10?,11-/m1/s1. The van der Waals surface area contributed by atoms with Crippen LogP contribution < -0.4 is 15.8 Å². The average molecular weight is 250 g/mol. The number of carbonyl (C=O) groups is 1. The van der Waals surface area contributed by atoms with Gasteiger partial charge in [0.1, 0.15) is 5.75 Å². The Balaban J connectivity index is 2.64. The minimum absolute atomic E-state index is 0.0198. The Bertz CT molecular complexity index is 393. The molecule has 1 amide bonds. The molecule has 2 atom stereocenters. The number of carbonyl (C=O) groups excluding carboxylic acids is 1. The number of rotatable bonds is 6. The maximum absolute atomic E-state index is 11.8. The van der Waals surface area contributed by atoms with Gasteiger partial charge < -0.3 is 15.8 Å². The number of methoxy groups -OCH3 is 1. The Morgan fingerprint density at radius 1 is 1.39 bits per heavy atom. The lowest BCUT2D eigenvalue weighted by Gasteiger charge is -2.18. The van der Waals surface area contributed by atoms with E-state index < -0.39 is 0 Å². The molecular weight excluding hydrogens is 228 g/mol. The molecule has 0 aromatic heterocycles. The molecule has 0 bridgehead atoms. The van der Waals surface area contributed by atoms with Crippen LogP contribution >= 0.6 is 0 Å². The zero-order valence-electron chi connectivity index (χ0n) is 11.3. The summed E-state index contributed by atoms with van der Waals surface area (Å²) in [4.78, 5) is 11.8. The third-order valence-corrected chi connectivity index (χ3v) is 2.92. The van der Waals surface area contributed by atoms with Crippen LogP contribution in [0.15, 0.2) is 24.3 Å². The molecule has 1 aromatic rings. The number of nitrogens with one attached hydrogen (secondary N) is 1. The molecule has 0 radical (unpaired) electrons. The van der Waals surface area contributed by atoms with Gasteiger partial charge in [-0.2, -0.15) is 0 Å². The normalized spacial score (nSPS) is 13.8. The van der Waals surface area contributed by atoms with E-state index in [2.05, 4.69) is 5.32 Å². The van der Waals surface area contributed by atoms with Crippen LogP contribution in [0.4, 0.5) is 0 Å². The zero-order chi connectivity index (χ0) is 13.5. The van der Waals surface area contributed by atoms with Crippen LogP contribution in [0.3, 0.4) is 0 Å². The number of nitrogens with two attached hydrogens (primary N) is 1. The summed E-state index contributed by atoms with van der Waals surface area (Å²) >= 11 is 0. The van der Waals surface area contributed by atoms with E-state index in [1.165, 1.54) is 0 Å². The smallest absolute Gasteiger partial charge is 0.220 e. The van der Waals surface area contributed by atoms with Gasteiger partial charge in [-0.1, -0.05) is 25.1 Å². The second-order valence-corrected chi connectivity index (χ2v) is 4.58. The second kappa shape index (κ2) is 7.01. The van der Waals surface area contributed by atoms with Gasteiger partial charge >= 0.3 is 0 Å². The molecule has 0 aliphatic heterocycles. The van der Waals surface area contributed by atoms with E-state index in [0.29, 0.717) is 13.0 Å². The Morgan fingerprint density at radius 2 is 2.06 bits per heavy atom. The number of hydrogen-bond donors (Lipinski definition) is 2. The monoisotopic (exact) mass is 250 g/mol. The zero-order valence-corrected chi connectivity index (χ0v) is 11.3. The summed E-state index contributed by atoms with van der Waals surface area (Å²) in [6.07, 6.45) is 0.454.